The molecule has 0 aliphatic heterocycles. The molecule has 4 rings (SSSR count). The number of rotatable bonds is 1. The summed E-state index contributed by atoms with van der Waals surface area (Å²) in [7, 11) is 0. The van der Waals surface area contributed by atoms with E-state index in [-0.39, 0.29) is 0 Å². The second kappa shape index (κ2) is 5.41. The van der Waals surface area contributed by atoms with E-state index < -0.39 is 0 Å². The molecule has 0 spiro atoms. The number of hydrogen-bond acceptors (Lipinski definition) is 2. The van der Waals surface area contributed by atoms with Crippen molar-refractivity contribution in [2.24, 2.45) is 0 Å². The van der Waals surface area contributed by atoms with Crippen molar-refractivity contribution < 1.29 is 0 Å². The Morgan fingerprint density at radius 1 is 0.667 bits per heavy atom. The average molecular weight is 312 g/mol. The molecule has 4 aromatic rings. The average Bonchev–Trinajstić information content (AvgIpc) is 2.53. The van der Waals surface area contributed by atoms with Gasteiger partial charge >= 0.3 is 0 Å². The predicted octanol–water partition coefficient (Wildman–Crippen LogP) is 5.68. The molecule has 1 aromatic heterocycles. The summed E-state index contributed by atoms with van der Waals surface area (Å²) < 4.78 is 0. The number of fused-ring (bicyclic) bond motifs is 3. The third-order valence-corrected chi connectivity index (χ3v) is 4.55. The van der Waals surface area contributed by atoms with E-state index >= 15 is 0 Å². The van der Waals surface area contributed by atoms with Gasteiger partial charge in [0.05, 0.1) is 11.2 Å². The maximum absolute atomic E-state index is 4.77. The Morgan fingerprint density at radius 3 is 2.12 bits per heavy atom. The third kappa shape index (κ3) is 2.35. The molecule has 0 unspecified atom stereocenters. The smallest absolute Gasteiger partial charge is 0.126 e. The Kier molecular flexibility index (Phi) is 3.34. The molecule has 0 fully saturated rings. The zero-order valence-corrected chi connectivity index (χ0v) is 14.5. The van der Waals surface area contributed by atoms with Crippen molar-refractivity contribution in [1.29, 1.82) is 0 Å². The number of nitrogens with zero attached hydrogens (tertiary/aromatic N) is 2. The summed E-state index contributed by atoms with van der Waals surface area (Å²) in [6.07, 6.45) is 0. The topological polar surface area (TPSA) is 25.8 Å². The molecule has 0 aliphatic carbocycles. The van der Waals surface area contributed by atoms with Gasteiger partial charge in [0.15, 0.2) is 0 Å². The van der Waals surface area contributed by atoms with Gasteiger partial charge in [0.2, 0.25) is 0 Å². The van der Waals surface area contributed by atoms with Crippen molar-refractivity contribution in [1.82, 2.24) is 9.97 Å². The molecule has 0 saturated carbocycles. The molecule has 0 radical (unpaired) electrons. The van der Waals surface area contributed by atoms with Crippen molar-refractivity contribution in [2.75, 3.05) is 0 Å². The zero-order chi connectivity index (χ0) is 16.8. The van der Waals surface area contributed by atoms with Crippen molar-refractivity contribution >= 4 is 21.7 Å². The summed E-state index contributed by atoms with van der Waals surface area (Å²) in [6.45, 7) is 8.38. The molecule has 118 valence electrons. The molecule has 0 saturated heterocycles. The highest BCUT2D eigenvalue weighted by Gasteiger charge is 2.12. The lowest BCUT2D eigenvalue weighted by atomic mass is 9.98. The maximum atomic E-state index is 4.77. The fourth-order valence-electron chi connectivity index (χ4n) is 3.55. The van der Waals surface area contributed by atoms with E-state index in [1.165, 1.54) is 27.5 Å². The minimum atomic E-state index is 0.811. The summed E-state index contributed by atoms with van der Waals surface area (Å²) in [4.78, 5) is 9.54. The molecule has 24 heavy (non-hydrogen) atoms. The summed E-state index contributed by atoms with van der Waals surface area (Å²) >= 11 is 0. The third-order valence-electron chi connectivity index (χ3n) is 4.55. The van der Waals surface area contributed by atoms with Crippen molar-refractivity contribution in [3.63, 3.8) is 0 Å². The first-order chi connectivity index (χ1) is 11.5. The number of aromatic nitrogens is 2. The fourth-order valence-corrected chi connectivity index (χ4v) is 3.55. The highest BCUT2D eigenvalue weighted by atomic mass is 14.9. The normalized spacial score (nSPS) is 11.3. The zero-order valence-electron chi connectivity index (χ0n) is 14.5. The Hall–Kier alpha value is -2.74. The van der Waals surface area contributed by atoms with Crippen LogP contribution in [0.2, 0.25) is 0 Å². The minimum Gasteiger partial charge on any atom is -0.233 e. The van der Waals surface area contributed by atoms with Crippen LogP contribution in [0.4, 0.5) is 0 Å². The van der Waals surface area contributed by atoms with E-state index in [0.717, 1.165) is 28.0 Å². The van der Waals surface area contributed by atoms with Crippen LogP contribution in [0.5, 0.6) is 0 Å². The van der Waals surface area contributed by atoms with Gasteiger partial charge in [-0.05, 0) is 56.8 Å². The van der Waals surface area contributed by atoms with Crippen LogP contribution in [0, 0.1) is 27.7 Å². The second-order valence-corrected chi connectivity index (χ2v) is 6.63. The lowest BCUT2D eigenvalue weighted by molar-refractivity contribution is 1.10. The van der Waals surface area contributed by atoms with Crippen LogP contribution in [-0.2, 0) is 0 Å². The van der Waals surface area contributed by atoms with Crippen LogP contribution in [0.15, 0.2) is 48.5 Å². The van der Waals surface area contributed by atoms with E-state index in [4.69, 9.17) is 9.97 Å². The van der Waals surface area contributed by atoms with Crippen molar-refractivity contribution in [3.8, 4) is 11.3 Å². The first kappa shape index (κ1) is 14.8. The standard InChI is InChI=1S/C22H20N2/c1-13-10-14(2)12-17(11-13)21-20-9-8-18-15(3)6-5-7-19(18)22(20)24-16(4)23-21/h5-12H,1-4H3. The van der Waals surface area contributed by atoms with Crippen LogP contribution in [0.1, 0.15) is 22.5 Å². The summed E-state index contributed by atoms with van der Waals surface area (Å²) in [5.41, 5.74) is 7.01. The van der Waals surface area contributed by atoms with E-state index in [1.807, 2.05) is 6.92 Å². The van der Waals surface area contributed by atoms with Crippen molar-refractivity contribution in [2.45, 2.75) is 27.7 Å². The van der Waals surface area contributed by atoms with Gasteiger partial charge < -0.3 is 0 Å². The Bertz CT molecular complexity index is 1070. The molecular weight excluding hydrogens is 292 g/mol. The lowest BCUT2D eigenvalue weighted by Gasteiger charge is -2.12. The monoisotopic (exact) mass is 312 g/mol. The number of benzene rings is 3. The largest absolute Gasteiger partial charge is 0.233 e. The van der Waals surface area contributed by atoms with Gasteiger partial charge in [-0.3, -0.25) is 0 Å². The second-order valence-electron chi connectivity index (χ2n) is 6.63. The van der Waals surface area contributed by atoms with Gasteiger partial charge in [-0.15, -0.1) is 0 Å². The Morgan fingerprint density at radius 2 is 1.38 bits per heavy atom. The molecule has 2 nitrogen and oxygen atoms in total. The van der Waals surface area contributed by atoms with E-state index in [9.17, 15) is 0 Å². The molecule has 1 heterocycles. The van der Waals surface area contributed by atoms with E-state index in [2.05, 4.69) is 69.3 Å². The predicted molar refractivity (Wildman–Crippen MR) is 101 cm³/mol. The SMILES string of the molecule is Cc1cc(C)cc(-c2nc(C)nc3c2ccc2c(C)cccc23)c1. The van der Waals surface area contributed by atoms with Gasteiger partial charge in [0, 0.05) is 16.3 Å². The molecule has 0 atom stereocenters. The number of hydrogen-bond donors (Lipinski definition) is 0. The summed E-state index contributed by atoms with van der Waals surface area (Å²) in [5, 5.41) is 3.57. The molecule has 0 bridgehead atoms. The molecule has 3 aromatic carbocycles. The minimum absolute atomic E-state index is 0.811. The van der Waals surface area contributed by atoms with Crippen LogP contribution in [-0.4, -0.2) is 9.97 Å². The quantitative estimate of drug-likeness (QED) is 0.422. The molecule has 2 heteroatoms. The first-order valence-corrected chi connectivity index (χ1v) is 8.28. The molecular formula is C22H20N2. The summed E-state index contributed by atoms with van der Waals surface area (Å²) in [6, 6.07) is 17.4. The number of aryl methyl sites for hydroxylation is 4. The highest BCUT2D eigenvalue weighted by Crippen LogP contribution is 2.32. The van der Waals surface area contributed by atoms with Crippen LogP contribution in [0.3, 0.4) is 0 Å². The molecule has 0 N–H and O–H groups in total. The van der Waals surface area contributed by atoms with Crippen LogP contribution in [0.25, 0.3) is 32.9 Å². The van der Waals surface area contributed by atoms with Gasteiger partial charge in [-0.1, -0.05) is 41.5 Å². The molecule has 0 amide bonds. The van der Waals surface area contributed by atoms with E-state index in [1.54, 1.807) is 0 Å². The van der Waals surface area contributed by atoms with Gasteiger partial charge in [0.25, 0.3) is 0 Å². The van der Waals surface area contributed by atoms with Gasteiger partial charge in [-0.25, -0.2) is 9.97 Å². The lowest BCUT2D eigenvalue weighted by Crippen LogP contribution is -1.96. The van der Waals surface area contributed by atoms with Crippen LogP contribution < -0.4 is 0 Å². The van der Waals surface area contributed by atoms with E-state index in [0.29, 0.717) is 0 Å². The fraction of sp³-hybridized carbons (Fsp3) is 0.182. The van der Waals surface area contributed by atoms with Gasteiger partial charge in [-0.2, -0.15) is 0 Å². The Labute approximate surface area is 142 Å². The van der Waals surface area contributed by atoms with Gasteiger partial charge in [0.1, 0.15) is 5.82 Å². The Balaban J connectivity index is 2.13. The highest BCUT2D eigenvalue weighted by molar-refractivity contribution is 6.09. The van der Waals surface area contributed by atoms with Crippen LogP contribution >= 0.6 is 0 Å². The maximum Gasteiger partial charge on any atom is 0.126 e. The van der Waals surface area contributed by atoms with Crippen molar-refractivity contribution in [3.05, 3.63) is 71.0 Å². The first-order valence-electron chi connectivity index (χ1n) is 8.28. The summed E-state index contributed by atoms with van der Waals surface area (Å²) in [5.74, 6) is 0.811. The molecule has 0 aliphatic rings.